The largest absolute Gasteiger partial charge is 0.416 e. The Labute approximate surface area is 134 Å². The van der Waals surface area contributed by atoms with Crippen molar-refractivity contribution in [3.05, 3.63) is 35.4 Å². The van der Waals surface area contributed by atoms with Crippen LogP contribution in [0.3, 0.4) is 0 Å². The summed E-state index contributed by atoms with van der Waals surface area (Å²) in [5.74, 6) is 0.569. The number of aliphatic imine (C=N–C) groups is 1. The number of alkyl halides is 3. The second kappa shape index (κ2) is 9.39. The molecule has 0 bridgehead atoms. The maximum Gasteiger partial charge on any atom is 0.416 e. The fourth-order valence-electron chi connectivity index (χ4n) is 2.07. The average Bonchev–Trinajstić information content (AvgIpc) is 2.51. The minimum absolute atomic E-state index is 0.00501. The van der Waals surface area contributed by atoms with Crippen molar-refractivity contribution in [3.63, 3.8) is 0 Å². The van der Waals surface area contributed by atoms with Gasteiger partial charge in [0.1, 0.15) is 0 Å². The van der Waals surface area contributed by atoms with Gasteiger partial charge in [-0.05, 0) is 30.9 Å². The summed E-state index contributed by atoms with van der Waals surface area (Å²) in [5.41, 5.74) is 0.0339. The van der Waals surface area contributed by atoms with E-state index in [1.807, 2.05) is 13.8 Å². The van der Waals surface area contributed by atoms with Crippen molar-refractivity contribution in [3.8, 4) is 0 Å². The Morgan fingerprint density at radius 2 is 2.04 bits per heavy atom. The highest BCUT2D eigenvalue weighted by molar-refractivity contribution is 5.79. The van der Waals surface area contributed by atoms with Crippen LogP contribution in [0.5, 0.6) is 0 Å². The fourth-order valence-corrected chi connectivity index (χ4v) is 2.07. The summed E-state index contributed by atoms with van der Waals surface area (Å²) in [7, 11) is 0. The van der Waals surface area contributed by atoms with Crippen LogP contribution in [0, 0.1) is 0 Å². The van der Waals surface area contributed by atoms with Gasteiger partial charge in [-0.1, -0.05) is 25.1 Å². The summed E-state index contributed by atoms with van der Waals surface area (Å²) in [4.78, 5) is 4.35. The Balaban J connectivity index is 2.63. The van der Waals surface area contributed by atoms with Gasteiger partial charge in [-0.2, -0.15) is 13.2 Å². The van der Waals surface area contributed by atoms with Crippen molar-refractivity contribution in [1.82, 2.24) is 10.6 Å². The third-order valence-corrected chi connectivity index (χ3v) is 3.36. The predicted molar refractivity (Wildman–Crippen MR) is 85.5 cm³/mol. The molecule has 0 fully saturated rings. The van der Waals surface area contributed by atoms with Crippen LogP contribution < -0.4 is 10.6 Å². The van der Waals surface area contributed by atoms with Gasteiger partial charge in [-0.25, -0.2) is 0 Å². The molecule has 0 radical (unpaired) electrons. The summed E-state index contributed by atoms with van der Waals surface area (Å²) >= 11 is 0. The van der Waals surface area contributed by atoms with E-state index < -0.39 is 11.7 Å². The molecule has 7 heteroatoms. The van der Waals surface area contributed by atoms with Crippen LogP contribution in [0.1, 0.15) is 37.3 Å². The van der Waals surface area contributed by atoms with Crippen LogP contribution in [0.15, 0.2) is 29.3 Å². The molecule has 1 aromatic carbocycles. The summed E-state index contributed by atoms with van der Waals surface area (Å²) < 4.78 is 38.2. The quantitative estimate of drug-likeness (QED) is 0.532. The topological polar surface area (TPSA) is 56.7 Å². The molecule has 0 amide bonds. The molecule has 130 valence electrons. The van der Waals surface area contributed by atoms with Crippen LogP contribution in [-0.2, 0) is 6.18 Å². The van der Waals surface area contributed by atoms with Crippen LogP contribution in [0.4, 0.5) is 13.2 Å². The minimum Gasteiger partial charge on any atom is -0.395 e. The van der Waals surface area contributed by atoms with Gasteiger partial charge in [0.2, 0.25) is 0 Å². The number of hydrogen-bond donors (Lipinski definition) is 3. The van der Waals surface area contributed by atoms with E-state index in [-0.39, 0.29) is 12.5 Å². The normalized spacial score (nSPS) is 13.7. The van der Waals surface area contributed by atoms with E-state index in [2.05, 4.69) is 15.6 Å². The smallest absolute Gasteiger partial charge is 0.395 e. The molecule has 1 atom stereocenters. The SMILES string of the molecule is CCNC(=NCCC(C)c1cccc(C(F)(F)F)c1)NCCO. The van der Waals surface area contributed by atoms with Gasteiger partial charge < -0.3 is 15.7 Å². The maximum absolute atomic E-state index is 12.7. The van der Waals surface area contributed by atoms with Gasteiger partial charge in [0.15, 0.2) is 5.96 Å². The minimum atomic E-state index is -4.32. The lowest BCUT2D eigenvalue weighted by Gasteiger charge is -2.14. The zero-order chi connectivity index (χ0) is 17.3. The zero-order valence-electron chi connectivity index (χ0n) is 13.5. The molecule has 1 unspecified atom stereocenters. The van der Waals surface area contributed by atoms with E-state index in [0.717, 1.165) is 6.07 Å². The Morgan fingerprint density at radius 3 is 2.65 bits per heavy atom. The van der Waals surface area contributed by atoms with Gasteiger partial charge in [0.25, 0.3) is 0 Å². The second-order valence-electron chi connectivity index (χ2n) is 5.22. The fraction of sp³-hybridized carbons (Fsp3) is 0.562. The van der Waals surface area contributed by atoms with E-state index in [0.29, 0.717) is 37.6 Å². The summed E-state index contributed by atoms with van der Waals surface area (Å²) in [5, 5.41) is 14.8. The Bertz CT molecular complexity index is 504. The zero-order valence-corrected chi connectivity index (χ0v) is 13.5. The van der Waals surface area contributed by atoms with Crippen LogP contribution >= 0.6 is 0 Å². The third-order valence-electron chi connectivity index (χ3n) is 3.36. The highest BCUT2D eigenvalue weighted by Gasteiger charge is 2.30. The van der Waals surface area contributed by atoms with Gasteiger partial charge in [-0.3, -0.25) is 4.99 Å². The number of aliphatic hydroxyl groups excluding tert-OH is 1. The van der Waals surface area contributed by atoms with Crippen LogP contribution in [-0.4, -0.2) is 37.3 Å². The number of hydrogen-bond acceptors (Lipinski definition) is 2. The Morgan fingerprint density at radius 1 is 1.30 bits per heavy atom. The summed E-state index contributed by atoms with van der Waals surface area (Å²) in [6.07, 6.45) is -3.68. The van der Waals surface area contributed by atoms with Gasteiger partial charge in [-0.15, -0.1) is 0 Å². The second-order valence-corrected chi connectivity index (χ2v) is 5.22. The first-order chi connectivity index (χ1) is 10.9. The molecule has 0 heterocycles. The van der Waals surface area contributed by atoms with Crippen molar-refractivity contribution in [1.29, 1.82) is 0 Å². The molecule has 3 N–H and O–H groups in total. The highest BCUT2D eigenvalue weighted by Crippen LogP contribution is 2.31. The van der Waals surface area contributed by atoms with E-state index in [1.165, 1.54) is 12.1 Å². The van der Waals surface area contributed by atoms with E-state index >= 15 is 0 Å². The number of nitrogens with zero attached hydrogens (tertiary/aromatic N) is 1. The Kier molecular flexibility index (Phi) is 7.88. The Hall–Kier alpha value is -1.76. The molecular formula is C16H24F3N3O. The standard InChI is InChI=1S/C16H24F3N3O/c1-3-20-15(22-9-10-23)21-8-7-12(2)13-5-4-6-14(11-13)16(17,18)19/h4-6,11-12,23H,3,7-10H2,1-2H3,(H2,20,21,22). The first kappa shape index (κ1) is 19.3. The number of rotatable bonds is 7. The molecule has 0 spiro atoms. The molecule has 0 saturated heterocycles. The van der Waals surface area contributed by atoms with Crippen molar-refractivity contribution < 1.29 is 18.3 Å². The molecule has 1 rings (SSSR count). The third kappa shape index (κ3) is 6.90. The molecule has 0 saturated carbocycles. The number of guanidine groups is 1. The van der Waals surface area contributed by atoms with Crippen molar-refractivity contribution in [2.45, 2.75) is 32.4 Å². The number of nitrogens with one attached hydrogen (secondary N) is 2. The van der Waals surface area contributed by atoms with Crippen molar-refractivity contribution >= 4 is 5.96 Å². The molecule has 4 nitrogen and oxygen atoms in total. The van der Waals surface area contributed by atoms with Gasteiger partial charge >= 0.3 is 6.18 Å². The lowest BCUT2D eigenvalue weighted by atomic mass is 9.96. The molecular weight excluding hydrogens is 307 g/mol. The van der Waals surface area contributed by atoms with Gasteiger partial charge in [0.05, 0.1) is 12.2 Å². The van der Waals surface area contributed by atoms with E-state index in [4.69, 9.17) is 5.11 Å². The lowest BCUT2D eigenvalue weighted by Crippen LogP contribution is -2.38. The van der Waals surface area contributed by atoms with Crippen molar-refractivity contribution in [2.75, 3.05) is 26.2 Å². The van der Waals surface area contributed by atoms with Gasteiger partial charge in [0, 0.05) is 19.6 Å². The van der Waals surface area contributed by atoms with E-state index in [9.17, 15) is 13.2 Å². The predicted octanol–water partition coefficient (Wildman–Crippen LogP) is 2.75. The molecule has 0 aliphatic carbocycles. The maximum atomic E-state index is 12.7. The number of benzene rings is 1. The first-order valence-electron chi connectivity index (χ1n) is 7.68. The molecule has 0 aromatic heterocycles. The molecule has 1 aromatic rings. The highest BCUT2D eigenvalue weighted by atomic mass is 19.4. The van der Waals surface area contributed by atoms with Crippen molar-refractivity contribution in [2.24, 2.45) is 4.99 Å². The molecule has 0 aliphatic heterocycles. The first-order valence-corrected chi connectivity index (χ1v) is 7.68. The number of halogens is 3. The van der Waals surface area contributed by atoms with Crippen LogP contribution in [0.25, 0.3) is 0 Å². The lowest BCUT2D eigenvalue weighted by molar-refractivity contribution is -0.137. The summed E-state index contributed by atoms with van der Waals surface area (Å²) in [6.45, 7) is 5.40. The summed E-state index contributed by atoms with van der Waals surface area (Å²) in [6, 6.07) is 5.42. The average molecular weight is 331 g/mol. The molecule has 0 aliphatic rings. The monoisotopic (exact) mass is 331 g/mol. The van der Waals surface area contributed by atoms with Crippen LogP contribution in [0.2, 0.25) is 0 Å². The van der Waals surface area contributed by atoms with E-state index in [1.54, 1.807) is 6.07 Å². The molecule has 23 heavy (non-hydrogen) atoms. The number of aliphatic hydroxyl groups is 1.